The zero-order chi connectivity index (χ0) is 15.4. The molecule has 0 N–H and O–H groups in total. The molecule has 0 saturated carbocycles. The molecular formula is C16H12Cl2N2OS. The molecule has 0 spiro atoms. The number of fused-ring (bicyclic) bond motifs is 1. The molecule has 22 heavy (non-hydrogen) atoms. The van der Waals surface area contributed by atoms with Gasteiger partial charge in [0.15, 0.2) is 0 Å². The van der Waals surface area contributed by atoms with E-state index in [0.717, 1.165) is 21.6 Å². The van der Waals surface area contributed by atoms with Crippen molar-refractivity contribution < 1.29 is 4.74 Å². The van der Waals surface area contributed by atoms with Crippen molar-refractivity contribution in [3.8, 4) is 5.75 Å². The molecular weight excluding hydrogens is 339 g/mol. The fourth-order valence-electron chi connectivity index (χ4n) is 1.99. The van der Waals surface area contributed by atoms with E-state index in [1.54, 1.807) is 36.2 Å². The Morgan fingerprint density at radius 2 is 1.95 bits per heavy atom. The van der Waals surface area contributed by atoms with E-state index in [9.17, 15) is 0 Å². The van der Waals surface area contributed by atoms with Gasteiger partial charge in [-0.05, 0) is 12.1 Å². The quantitative estimate of drug-likeness (QED) is 0.473. The van der Waals surface area contributed by atoms with Gasteiger partial charge >= 0.3 is 0 Å². The van der Waals surface area contributed by atoms with Gasteiger partial charge in [0.2, 0.25) is 0 Å². The van der Waals surface area contributed by atoms with E-state index in [1.165, 1.54) is 0 Å². The average molecular weight is 351 g/mol. The molecule has 3 aromatic rings. The van der Waals surface area contributed by atoms with Crippen LogP contribution in [0.5, 0.6) is 5.75 Å². The molecule has 0 unspecified atom stereocenters. The van der Waals surface area contributed by atoms with Crippen LogP contribution in [0.1, 0.15) is 0 Å². The Hall–Kier alpha value is -1.49. The maximum Gasteiger partial charge on any atom is 0.139 e. The van der Waals surface area contributed by atoms with Gasteiger partial charge < -0.3 is 4.74 Å². The molecule has 3 nitrogen and oxygen atoms in total. The highest BCUT2D eigenvalue weighted by atomic mass is 35.5. The maximum absolute atomic E-state index is 6.06. The third kappa shape index (κ3) is 3.64. The summed E-state index contributed by atoms with van der Waals surface area (Å²) in [6.07, 6.45) is 1.77. The van der Waals surface area contributed by atoms with E-state index < -0.39 is 0 Å². The average Bonchev–Trinajstić information content (AvgIpc) is 2.54. The Bertz CT molecular complexity index is 793. The van der Waals surface area contributed by atoms with E-state index >= 15 is 0 Å². The Morgan fingerprint density at radius 3 is 2.86 bits per heavy atom. The second-order valence-electron chi connectivity index (χ2n) is 4.51. The summed E-state index contributed by atoms with van der Waals surface area (Å²) in [4.78, 5) is 0. The zero-order valence-electron chi connectivity index (χ0n) is 11.5. The zero-order valence-corrected chi connectivity index (χ0v) is 13.8. The number of halogens is 2. The fourth-order valence-corrected chi connectivity index (χ4v) is 3.13. The van der Waals surface area contributed by atoms with Crippen molar-refractivity contribution in [1.29, 1.82) is 0 Å². The lowest BCUT2D eigenvalue weighted by molar-refractivity contribution is 0.344. The highest BCUT2D eigenvalue weighted by Crippen LogP contribution is 2.28. The molecule has 112 valence electrons. The SMILES string of the molecule is Clc1ccc(Cl)c(OCCSc2nncc3ccccc23)c1. The summed E-state index contributed by atoms with van der Waals surface area (Å²) >= 11 is 13.6. The molecule has 6 heteroatoms. The molecule has 2 aromatic carbocycles. The first-order valence-electron chi connectivity index (χ1n) is 6.65. The van der Waals surface area contributed by atoms with Crippen molar-refractivity contribution in [2.45, 2.75) is 5.03 Å². The fraction of sp³-hybridized carbons (Fsp3) is 0.125. The monoisotopic (exact) mass is 350 g/mol. The smallest absolute Gasteiger partial charge is 0.139 e. The largest absolute Gasteiger partial charge is 0.491 e. The van der Waals surface area contributed by atoms with Gasteiger partial charge in [0.05, 0.1) is 17.8 Å². The third-order valence-electron chi connectivity index (χ3n) is 3.01. The summed E-state index contributed by atoms with van der Waals surface area (Å²) in [7, 11) is 0. The summed E-state index contributed by atoms with van der Waals surface area (Å²) in [6, 6.07) is 13.2. The summed E-state index contributed by atoms with van der Waals surface area (Å²) in [6.45, 7) is 0.510. The minimum Gasteiger partial charge on any atom is -0.491 e. The van der Waals surface area contributed by atoms with Crippen LogP contribution >= 0.6 is 35.0 Å². The Balaban J connectivity index is 1.62. The van der Waals surface area contributed by atoms with Crippen molar-refractivity contribution in [3.05, 3.63) is 58.7 Å². The van der Waals surface area contributed by atoms with Gasteiger partial charge in [-0.1, -0.05) is 47.5 Å². The third-order valence-corrected chi connectivity index (χ3v) is 4.50. The molecule has 0 aliphatic rings. The molecule has 0 amide bonds. The van der Waals surface area contributed by atoms with Crippen molar-refractivity contribution in [2.24, 2.45) is 0 Å². The number of ether oxygens (including phenoxy) is 1. The minimum atomic E-state index is 0.510. The topological polar surface area (TPSA) is 35.0 Å². The number of hydrogen-bond donors (Lipinski definition) is 0. The first kappa shape index (κ1) is 15.4. The van der Waals surface area contributed by atoms with Crippen LogP contribution < -0.4 is 4.74 Å². The van der Waals surface area contributed by atoms with Gasteiger partial charge in [-0.25, -0.2) is 0 Å². The Labute approximate surface area is 142 Å². The number of rotatable bonds is 5. The van der Waals surface area contributed by atoms with Gasteiger partial charge in [0, 0.05) is 27.6 Å². The molecule has 0 aliphatic heterocycles. The lowest BCUT2D eigenvalue weighted by atomic mass is 10.2. The normalized spacial score (nSPS) is 10.8. The second-order valence-corrected chi connectivity index (χ2v) is 6.44. The van der Waals surface area contributed by atoms with Crippen LogP contribution in [0, 0.1) is 0 Å². The first-order valence-corrected chi connectivity index (χ1v) is 8.39. The van der Waals surface area contributed by atoms with Crippen LogP contribution in [-0.4, -0.2) is 22.6 Å². The van der Waals surface area contributed by atoms with Crippen LogP contribution in [0.4, 0.5) is 0 Å². The van der Waals surface area contributed by atoms with Crippen molar-refractivity contribution >= 4 is 45.7 Å². The van der Waals surface area contributed by atoms with Crippen LogP contribution in [0.2, 0.25) is 10.0 Å². The Kier molecular flexibility index (Phi) is 5.03. The number of thioether (sulfide) groups is 1. The number of benzene rings is 2. The van der Waals surface area contributed by atoms with E-state index in [-0.39, 0.29) is 0 Å². The molecule has 0 bridgehead atoms. The molecule has 0 fully saturated rings. The van der Waals surface area contributed by atoms with Crippen molar-refractivity contribution in [1.82, 2.24) is 10.2 Å². The van der Waals surface area contributed by atoms with E-state index in [1.807, 2.05) is 24.3 Å². The predicted molar refractivity (Wildman–Crippen MR) is 92.2 cm³/mol. The van der Waals surface area contributed by atoms with Gasteiger partial charge in [-0.2, -0.15) is 5.10 Å². The molecule has 3 rings (SSSR count). The van der Waals surface area contributed by atoms with Gasteiger partial charge in [-0.3, -0.25) is 0 Å². The van der Waals surface area contributed by atoms with Gasteiger partial charge in [-0.15, -0.1) is 16.9 Å². The predicted octanol–water partition coefficient (Wildman–Crippen LogP) is 5.11. The molecule has 1 aromatic heterocycles. The number of aromatic nitrogens is 2. The molecule has 0 radical (unpaired) electrons. The summed E-state index contributed by atoms with van der Waals surface area (Å²) < 4.78 is 5.67. The Morgan fingerprint density at radius 1 is 1.09 bits per heavy atom. The van der Waals surface area contributed by atoms with E-state index in [2.05, 4.69) is 10.2 Å². The van der Waals surface area contributed by atoms with Crippen molar-refractivity contribution in [3.63, 3.8) is 0 Å². The van der Waals surface area contributed by atoms with E-state index in [4.69, 9.17) is 27.9 Å². The summed E-state index contributed by atoms with van der Waals surface area (Å²) in [5.74, 6) is 1.34. The first-order chi connectivity index (χ1) is 10.7. The molecule has 0 saturated heterocycles. The van der Waals surface area contributed by atoms with Gasteiger partial charge in [0.1, 0.15) is 10.8 Å². The van der Waals surface area contributed by atoms with Crippen molar-refractivity contribution in [2.75, 3.05) is 12.4 Å². The minimum absolute atomic E-state index is 0.510. The second kappa shape index (κ2) is 7.18. The lowest BCUT2D eigenvalue weighted by Crippen LogP contribution is -2.01. The van der Waals surface area contributed by atoms with Crippen LogP contribution in [-0.2, 0) is 0 Å². The molecule has 0 atom stereocenters. The van der Waals surface area contributed by atoms with E-state index in [0.29, 0.717) is 22.4 Å². The number of hydrogen-bond acceptors (Lipinski definition) is 4. The highest BCUT2D eigenvalue weighted by Gasteiger charge is 2.05. The van der Waals surface area contributed by atoms with Crippen LogP contribution in [0.3, 0.4) is 0 Å². The van der Waals surface area contributed by atoms with Gasteiger partial charge in [0.25, 0.3) is 0 Å². The summed E-state index contributed by atoms with van der Waals surface area (Å²) in [5, 5.41) is 12.5. The molecule has 0 aliphatic carbocycles. The molecule has 1 heterocycles. The maximum atomic E-state index is 6.06. The van der Waals surface area contributed by atoms with Crippen LogP contribution in [0.15, 0.2) is 53.7 Å². The van der Waals surface area contributed by atoms with Crippen LogP contribution in [0.25, 0.3) is 10.8 Å². The summed E-state index contributed by atoms with van der Waals surface area (Å²) in [5.41, 5.74) is 0. The highest BCUT2D eigenvalue weighted by molar-refractivity contribution is 7.99. The standard InChI is InChI=1S/C16H12Cl2N2OS/c17-12-5-6-14(18)15(9-12)21-7-8-22-16-13-4-2-1-3-11(13)10-19-20-16/h1-6,9-10H,7-8H2. The number of nitrogens with zero attached hydrogens (tertiary/aromatic N) is 2. The lowest BCUT2D eigenvalue weighted by Gasteiger charge is -2.08.